The molecule has 0 aromatic carbocycles. The van der Waals surface area contributed by atoms with E-state index in [4.69, 9.17) is 5.73 Å². The molecule has 1 unspecified atom stereocenters. The van der Waals surface area contributed by atoms with Gasteiger partial charge in [-0.15, -0.1) is 0 Å². The Morgan fingerprint density at radius 1 is 1.54 bits per heavy atom. The first-order chi connectivity index (χ1) is 6.18. The average Bonchev–Trinajstić information content (AvgIpc) is 2.49. The van der Waals surface area contributed by atoms with Crippen molar-refractivity contribution in [3.8, 4) is 0 Å². The summed E-state index contributed by atoms with van der Waals surface area (Å²) in [4.78, 5) is 6.42. The Balaban J connectivity index is 2.36. The van der Waals surface area contributed by atoms with Crippen LogP contribution in [0.2, 0.25) is 0 Å². The van der Waals surface area contributed by atoms with E-state index in [-0.39, 0.29) is 11.9 Å². The van der Waals surface area contributed by atoms with Crippen molar-refractivity contribution in [2.24, 2.45) is 5.73 Å². The second-order valence-electron chi connectivity index (χ2n) is 3.29. The van der Waals surface area contributed by atoms with Gasteiger partial charge < -0.3 is 10.7 Å². The van der Waals surface area contributed by atoms with E-state index in [1.165, 1.54) is 0 Å². The van der Waals surface area contributed by atoms with Gasteiger partial charge in [-0.2, -0.15) is 0 Å². The number of fused-ring (bicyclic) bond motifs is 1. The van der Waals surface area contributed by atoms with Crippen LogP contribution in [0, 0.1) is 0 Å². The molecule has 0 aliphatic heterocycles. The van der Waals surface area contributed by atoms with Gasteiger partial charge in [0.05, 0.1) is 5.69 Å². The molecule has 1 aliphatic carbocycles. The van der Waals surface area contributed by atoms with Crippen LogP contribution in [0.5, 0.6) is 0 Å². The van der Waals surface area contributed by atoms with Crippen molar-refractivity contribution in [3.05, 3.63) is 17.2 Å². The minimum Gasteiger partial charge on any atom is -0.341 e. The summed E-state index contributed by atoms with van der Waals surface area (Å²) >= 11 is 0. The monoisotopic (exact) mass is 187 g/mol. The van der Waals surface area contributed by atoms with E-state index in [9.17, 15) is 8.78 Å². The van der Waals surface area contributed by atoms with E-state index in [0.29, 0.717) is 5.69 Å². The molecule has 3 N–H and O–H groups in total. The zero-order chi connectivity index (χ0) is 9.42. The van der Waals surface area contributed by atoms with Gasteiger partial charge in [0.1, 0.15) is 0 Å². The molecule has 5 heteroatoms. The summed E-state index contributed by atoms with van der Waals surface area (Å²) in [7, 11) is 0. The maximum absolute atomic E-state index is 12.2. The lowest BCUT2D eigenvalue weighted by Crippen LogP contribution is -2.17. The van der Waals surface area contributed by atoms with Gasteiger partial charge in [-0.05, 0) is 19.3 Å². The van der Waals surface area contributed by atoms with Gasteiger partial charge in [-0.3, -0.25) is 0 Å². The van der Waals surface area contributed by atoms with Crippen molar-refractivity contribution in [3.63, 3.8) is 0 Å². The van der Waals surface area contributed by atoms with Crippen molar-refractivity contribution in [1.29, 1.82) is 0 Å². The molecule has 72 valence electrons. The molecule has 1 atom stereocenters. The number of hydrogen-bond donors (Lipinski definition) is 2. The summed E-state index contributed by atoms with van der Waals surface area (Å²) in [5.41, 5.74) is 7.15. The van der Waals surface area contributed by atoms with Gasteiger partial charge in [0.15, 0.2) is 5.82 Å². The van der Waals surface area contributed by atoms with Crippen LogP contribution in [0.25, 0.3) is 0 Å². The lowest BCUT2D eigenvalue weighted by atomic mass is 9.97. The van der Waals surface area contributed by atoms with E-state index in [1.54, 1.807) is 0 Å². The summed E-state index contributed by atoms with van der Waals surface area (Å²) in [6.45, 7) is 0. The number of hydrogen-bond acceptors (Lipinski definition) is 2. The first-order valence-corrected chi connectivity index (χ1v) is 4.31. The van der Waals surface area contributed by atoms with Crippen LogP contribution in [0.4, 0.5) is 8.78 Å². The number of aryl methyl sites for hydroxylation is 1. The van der Waals surface area contributed by atoms with E-state index in [0.717, 1.165) is 25.0 Å². The summed E-state index contributed by atoms with van der Waals surface area (Å²) in [5.74, 6) is -0.248. The van der Waals surface area contributed by atoms with E-state index >= 15 is 0 Å². The Morgan fingerprint density at radius 2 is 2.31 bits per heavy atom. The first kappa shape index (κ1) is 8.62. The number of aromatic amines is 1. The number of nitrogens with one attached hydrogen (secondary N) is 1. The number of nitrogens with two attached hydrogens (primary N) is 1. The predicted octanol–water partition coefficient (Wildman–Crippen LogP) is 1.68. The molecule has 0 saturated heterocycles. The Morgan fingerprint density at radius 3 is 2.92 bits per heavy atom. The fourth-order valence-corrected chi connectivity index (χ4v) is 1.68. The molecule has 1 aromatic rings. The minimum atomic E-state index is -2.53. The third kappa shape index (κ3) is 1.44. The molecule has 1 heterocycles. The van der Waals surface area contributed by atoms with E-state index < -0.39 is 6.43 Å². The smallest absolute Gasteiger partial charge is 0.295 e. The van der Waals surface area contributed by atoms with Crippen LogP contribution in [-0.4, -0.2) is 9.97 Å². The van der Waals surface area contributed by atoms with Gasteiger partial charge >= 0.3 is 0 Å². The molecule has 0 amide bonds. The third-order valence-electron chi connectivity index (χ3n) is 2.33. The number of aromatic nitrogens is 2. The minimum absolute atomic E-state index is 0.174. The van der Waals surface area contributed by atoms with Crippen molar-refractivity contribution < 1.29 is 8.78 Å². The van der Waals surface area contributed by atoms with Gasteiger partial charge in [0.25, 0.3) is 6.43 Å². The summed E-state index contributed by atoms with van der Waals surface area (Å²) in [5, 5.41) is 0. The maximum atomic E-state index is 12.2. The van der Waals surface area contributed by atoms with Gasteiger partial charge in [0, 0.05) is 11.7 Å². The van der Waals surface area contributed by atoms with Crippen LogP contribution in [0.1, 0.15) is 42.5 Å². The van der Waals surface area contributed by atoms with Gasteiger partial charge in [-0.25, -0.2) is 13.8 Å². The Bertz CT molecular complexity index is 308. The topological polar surface area (TPSA) is 54.7 Å². The van der Waals surface area contributed by atoms with Crippen LogP contribution in [-0.2, 0) is 6.42 Å². The van der Waals surface area contributed by atoms with E-state index in [1.807, 2.05) is 0 Å². The first-order valence-electron chi connectivity index (χ1n) is 4.31. The van der Waals surface area contributed by atoms with Crippen LogP contribution in [0.3, 0.4) is 0 Å². The Hall–Kier alpha value is -0.970. The average molecular weight is 187 g/mol. The van der Waals surface area contributed by atoms with Gasteiger partial charge in [0.2, 0.25) is 0 Å². The molecule has 1 aromatic heterocycles. The summed E-state index contributed by atoms with van der Waals surface area (Å²) in [6.07, 6.45) is 0.0280. The van der Waals surface area contributed by atoms with Crippen molar-refractivity contribution in [2.45, 2.75) is 31.7 Å². The molecule has 0 saturated carbocycles. The van der Waals surface area contributed by atoms with Gasteiger partial charge in [-0.1, -0.05) is 0 Å². The highest BCUT2D eigenvalue weighted by atomic mass is 19.3. The molecule has 3 nitrogen and oxygen atoms in total. The molecule has 0 fully saturated rings. The number of halogens is 2. The standard InChI is InChI=1S/C8H11F2N3/c9-7(10)8-12-5-3-1-2-4(11)6(5)13-8/h4,7H,1-3,11H2,(H,12,13). The lowest BCUT2D eigenvalue weighted by molar-refractivity contribution is 0.141. The normalized spacial score (nSPS) is 22.0. The fourth-order valence-electron chi connectivity index (χ4n) is 1.68. The Kier molecular flexibility index (Phi) is 2.03. The zero-order valence-corrected chi connectivity index (χ0v) is 7.06. The molecular weight excluding hydrogens is 176 g/mol. The lowest BCUT2D eigenvalue weighted by Gasteiger charge is -2.15. The zero-order valence-electron chi connectivity index (χ0n) is 7.06. The fraction of sp³-hybridized carbons (Fsp3) is 0.625. The number of H-pyrrole nitrogens is 1. The molecule has 13 heavy (non-hydrogen) atoms. The second-order valence-corrected chi connectivity index (χ2v) is 3.29. The van der Waals surface area contributed by atoms with Crippen LogP contribution in [0.15, 0.2) is 0 Å². The molecule has 0 bridgehead atoms. The Labute approximate surface area is 74.4 Å². The summed E-state index contributed by atoms with van der Waals surface area (Å²) < 4.78 is 24.5. The van der Waals surface area contributed by atoms with Crippen molar-refractivity contribution in [2.75, 3.05) is 0 Å². The van der Waals surface area contributed by atoms with Crippen LogP contribution >= 0.6 is 0 Å². The highest BCUT2D eigenvalue weighted by Crippen LogP contribution is 2.28. The second kappa shape index (κ2) is 3.06. The molecule has 2 rings (SSSR count). The van der Waals surface area contributed by atoms with Crippen molar-refractivity contribution >= 4 is 0 Å². The SMILES string of the molecule is NC1CCCc2[nH]c(C(F)F)nc21. The predicted molar refractivity (Wildman–Crippen MR) is 43.4 cm³/mol. The molecular formula is C8H11F2N3. The van der Waals surface area contributed by atoms with Crippen LogP contribution < -0.4 is 5.73 Å². The largest absolute Gasteiger partial charge is 0.341 e. The number of rotatable bonds is 1. The maximum Gasteiger partial charge on any atom is 0.295 e. The molecule has 0 spiro atoms. The molecule has 0 radical (unpaired) electrons. The number of nitrogens with zero attached hydrogens (tertiary/aromatic N) is 1. The highest BCUT2D eigenvalue weighted by Gasteiger charge is 2.23. The molecule has 1 aliphatic rings. The summed E-state index contributed by atoms with van der Waals surface area (Å²) in [6, 6.07) is -0.174. The number of imidazole rings is 1. The van der Waals surface area contributed by atoms with Crippen molar-refractivity contribution in [1.82, 2.24) is 9.97 Å². The number of alkyl halides is 2. The highest BCUT2D eigenvalue weighted by molar-refractivity contribution is 5.21. The van der Waals surface area contributed by atoms with E-state index in [2.05, 4.69) is 9.97 Å². The quantitative estimate of drug-likeness (QED) is 0.702. The third-order valence-corrected chi connectivity index (χ3v) is 2.33.